The van der Waals surface area contributed by atoms with Crippen molar-refractivity contribution in [2.24, 2.45) is 0 Å². The van der Waals surface area contributed by atoms with E-state index in [-0.39, 0.29) is 5.82 Å². The number of aliphatic hydroxyl groups is 1. The van der Waals surface area contributed by atoms with Crippen LogP contribution < -0.4 is 0 Å². The Bertz CT molecular complexity index is 608. The normalized spacial score (nSPS) is 13.3. The molecule has 0 aromatic heterocycles. The number of halogens is 3. The Morgan fingerprint density at radius 1 is 1.00 bits per heavy atom. The van der Waals surface area contributed by atoms with Gasteiger partial charge in [-0.1, -0.05) is 37.6 Å². The van der Waals surface area contributed by atoms with Crippen molar-refractivity contribution in [3.05, 3.63) is 70.2 Å². The summed E-state index contributed by atoms with van der Waals surface area (Å²) >= 11 is 6.02. The van der Waals surface area contributed by atoms with Gasteiger partial charge in [0.25, 0.3) is 0 Å². The summed E-state index contributed by atoms with van der Waals surface area (Å²) in [5.74, 6) is -0.804. The molecule has 2 aromatic carbocycles. The van der Waals surface area contributed by atoms with Gasteiger partial charge in [-0.05, 0) is 35.9 Å². The van der Waals surface area contributed by atoms with Gasteiger partial charge in [-0.25, -0.2) is 8.78 Å². The van der Waals surface area contributed by atoms with Gasteiger partial charge in [-0.15, -0.1) is 0 Å². The standard InChI is InChI=1S/C16H15ClF2O/c1-16(2,10-3-5-11(18)6-4-10)15(20)13-9-12(19)7-8-14(13)17/h3-9,15,20H,1-2H3. The van der Waals surface area contributed by atoms with Crippen molar-refractivity contribution in [2.45, 2.75) is 25.4 Å². The summed E-state index contributed by atoms with van der Waals surface area (Å²) in [6.07, 6.45) is -1.00. The quantitative estimate of drug-likeness (QED) is 0.875. The Balaban J connectivity index is 2.42. The molecule has 0 saturated heterocycles. The van der Waals surface area contributed by atoms with Gasteiger partial charge in [-0.3, -0.25) is 0 Å². The second-order valence-corrected chi connectivity index (χ2v) is 5.70. The van der Waals surface area contributed by atoms with Crippen LogP contribution in [0.4, 0.5) is 8.78 Å². The van der Waals surface area contributed by atoms with Gasteiger partial charge in [0.2, 0.25) is 0 Å². The average molecular weight is 297 g/mol. The maximum absolute atomic E-state index is 13.3. The van der Waals surface area contributed by atoms with Gasteiger partial charge in [0.1, 0.15) is 11.6 Å². The molecule has 2 aromatic rings. The monoisotopic (exact) mass is 296 g/mol. The zero-order chi connectivity index (χ0) is 14.9. The highest BCUT2D eigenvalue weighted by molar-refractivity contribution is 6.31. The molecular weight excluding hydrogens is 282 g/mol. The third-order valence-electron chi connectivity index (χ3n) is 3.52. The first kappa shape index (κ1) is 14.9. The van der Waals surface area contributed by atoms with Crippen molar-refractivity contribution in [1.82, 2.24) is 0 Å². The van der Waals surface area contributed by atoms with Gasteiger partial charge in [0.15, 0.2) is 0 Å². The highest BCUT2D eigenvalue weighted by Gasteiger charge is 2.32. The van der Waals surface area contributed by atoms with Crippen molar-refractivity contribution in [3.63, 3.8) is 0 Å². The van der Waals surface area contributed by atoms with E-state index in [1.165, 1.54) is 30.3 Å². The van der Waals surface area contributed by atoms with Gasteiger partial charge in [0.05, 0.1) is 6.10 Å². The van der Waals surface area contributed by atoms with E-state index in [4.69, 9.17) is 11.6 Å². The van der Waals surface area contributed by atoms with Crippen LogP contribution >= 0.6 is 11.6 Å². The molecule has 0 saturated carbocycles. The highest BCUT2D eigenvalue weighted by atomic mass is 35.5. The molecule has 0 aliphatic rings. The van der Waals surface area contributed by atoms with Crippen LogP contribution in [0.15, 0.2) is 42.5 Å². The maximum atomic E-state index is 13.3. The second-order valence-electron chi connectivity index (χ2n) is 5.30. The minimum atomic E-state index is -1.00. The third-order valence-corrected chi connectivity index (χ3v) is 3.87. The van der Waals surface area contributed by atoms with Crippen molar-refractivity contribution in [2.75, 3.05) is 0 Å². The predicted molar refractivity (Wildman–Crippen MR) is 75.8 cm³/mol. The first-order chi connectivity index (χ1) is 9.32. The topological polar surface area (TPSA) is 20.2 Å². The molecule has 1 N–H and O–H groups in total. The fourth-order valence-electron chi connectivity index (χ4n) is 2.15. The number of benzene rings is 2. The van der Waals surface area contributed by atoms with Gasteiger partial charge in [0, 0.05) is 16.0 Å². The number of hydrogen-bond donors (Lipinski definition) is 1. The number of rotatable bonds is 3. The lowest BCUT2D eigenvalue weighted by atomic mass is 9.76. The largest absolute Gasteiger partial charge is 0.387 e. The fourth-order valence-corrected chi connectivity index (χ4v) is 2.37. The minimum absolute atomic E-state index is 0.300. The van der Waals surface area contributed by atoms with Crippen LogP contribution in [0.25, 0.3) is 0 Å². The van der Waals surface area contributed by atoms with Gasteiger partial charge >= 0.3 is 0 Å². The van der Waals surface area contributed by atoms with Crippen molar-refractivity contribution >= 4 is 11.6 Å². The van der Waals surface area contributed by atoms with Gasteiger partial charge < -0.3 is 5.11 Å². The number of aliphatic hydroxyl groups excluding tert-OH is 1. The second kappa shape index (κ2) is 5.51. The molecule has 0 aliphatic carbocycles. The lowest BCUT2D eigenvalue weighted by Gasteiger charge is -2.32. The van der Waals surface area contributed by atoms with Crippen molar-refractivity contribution in [1.29, 1.82) is 0 Å². The van der Waals surface area contributed by atoms with Crippen molar-refractivity contribution < 1.29 is 13.9 Å². The molecule has 2 rings (SSSR count). The first-order valence-corrected chi connectivity index (χ1v) is 6.59. The summed E-state index contributed by atoms with van der Waals surface area (Å²) in [7, 11) is 0. The Hall–Kier alpha value is -1.45. The Morgan fingerprint density at radius 2 is 1.55 bits per heavy atom. The molecule has 0 radical (unpaired) electrons. The van der Waals surface area contributed by atoms with E-state index in [0.717, 1.165) is 5.56 Å². The smallest absolute Gasteiger partial charge is 0.123 e. The van der Waals surface area contributed by atoms with Crippen LogP contribution in [0.3, 0.4) is 0 Å². The molecule has 4 heteroatoms. The average Bonchev–Trinajstić information content (AvgIpc) is 2.41. The Morgan fingerprint density at radius 3 is 2.15 bits per heavy atom. The molecule has 1 unspecified atom stereocenters. The third kappa shape index (κ3) is 2.84. The summed E-state index contributed by atoms with van der Waals surface area (Å²) in [6, 6.07) is 9.74. The highest BCUT2D eigenvalue weighted by Crippen LogP contribution is 2.39. The van der Waals surface area contributed by atoms with E-state index >= 15 is 0 Å². The van der Waals surface area contributed by atoms with Crippen LogP contribution in [-0.4, -0.2) is 5.11 Å². The van der Waals surface area contributed by atoms with E-state index in [1.807, 2.05) is 0 Å². The van der Waals surface area contributed by atoms with Crippen LogP contribution in [0.1, 0.15) is 31.1 Å². The molecule has 0 heterocycles. The summed E-state index contributed by atoms with van der Waals surface area (Å²) < 4.78 is 26.3. The summed E-state index contributed by atoms with van der Waals surface area (Å²) in [5.41, 5.74) is 0.332. The molecule has 0 fully saturated rings. The molecule has 20 heavy (non-hydrogen) atoms. The summed E-state index contributed by atoms with van der Waals surface area (Å²) in [5, 5.41) is 10.8. The summed E-state index contributed by atoms with van der Waals surface area (Å²) in [6.45, 7) is 3.60. The predicted octanol–water partition coefficient (Wildman–Crippen LogP) is 4.63. The van der Waals surface area contributed by atoms with E-state index in [1.54, 1.807) is 26.0 Å². The van der Waals surface area contributed by atoms with Crippen LogP contribution in [0.2, 0.25) is 5.02 Å². The molecule has 0 aliphatic heterocycles. The summed E-state index contributed by atoms with van der Waals surface area (Å²) in [4.78, 5) is 0. The first-order valence-electron chi connectivity index (χ1n) is 6.21. The van der Waals surface area contributed by atoms with E-state index in [9.17, 15) is 13.9 Å². The lowest BCUT2D eigenvalue weighted by molar-refractivity contribution is 0.1000. The van der Waals surface area contributed by atoms with Crippen LogP contribution in [-0.2, 0) is 5.41 Å². The zero-order valence-electron chi connectivity index (χ0n) is 11.2. The minimum Gasteiger partial charge on any atom is -0.387 e. The van der Waals surface area contributed by atoms with E-state index < -0.39 is 17.3 Å². The molecule has 106 valence electrons. The van der Waals surface area contributed by atoms with Crippen LogP contribution in [0, 0.1) is 11.6 Å². The fraction of sp³-hybridized carbons (Fsp3) is 0.250. The van der Waals surface area contributed by atoms with E-state index in [2.05, 4.69) is 0 Å². The maximum Gasteiger partial charge on any atom is 0.123 e. The SMILES string of the molecule is CC(C)(c1ccc(F)cc1)C(O)c1cc(F)ccc1Cl. The Labute approximate surface area is 121 Å². The van der Waals surface area contributed by atoms with Crippen molar-refractivity contribution in [3.8, 4) is 0 Å². The molecule has 1 atom stereocenters. The molecule has 1 nitrogen and oxygen atoms in total. The number of hydrogen-bond acceptors (Lipinski definition) is 1. The van der Waals surface area contributed by atoms with E-state index in [0.29, 0.717) is 10.6 Å². The Kier molecular flexibility index (Phi) is 4.11. The zero-order valence-corrected chi connectivity index (χ0v) is 12.0. The molecular formula is C16H15ClF2O. The lowest BCUT2D eigenvalue weighted by Crippen LogP contribution is -2.27. The van der Waals surface area contributed by atoms with Gasteiger partial charge in [-0.2, -0.15) is 0 Å². The molecule has 0 spiro atoms. The van der Waals surface area contributed by atoms with Crippen LogP contribution in [0.5, 0.6) is 0 Å². The molecule has 0 amide bonds. The molecule has 0 bridgehead atoms.